The van der Waals surface area contributed by atoms with Crippen LogP contribution in [0.3, 0.4) is 0 Å². The first kappa shape index (κ1) is 19.1. The number of rotatable bonds is 5. The Morgan fingerprint density at radius 2 is 1.86 bits per heavy atom. The van der Waals surface area contributed by atoms with Gasteiger partial charge >= 0.3 is 0 Å². The van der Waals surface area contributed by atoms with Crippen molar-refractivity contribution in [1.82, 2.24) is 9.88 Å². The zero-order valence-electron chi connectivity index (χ0n) is 15.8. The van der Waals surface area contributed by atoms with Gasteiger partial charge in [-0.25, -0.2) is 4.39 Å². The number of pyridine rings is 1. The number of para-hydroxylation sites is 1. The van der Waals surface area contributed by atoms with E-state index in [0.717, 1.165) is 21.3 Å². The first-order chi connectivity index (χ1) is 14.0. The topological polar surface area (TPSA) is 53.2 Å². The van der Waals surface area contributed by atoms with Crippen LogP contribution in [0.1, 0.15) is 26.4 Å². The van der Waals surface area contributed by atoms with Crippen molar-refractivity contribution in [2.75, 3.05) is 0 Å². The van der Waals surface area contributed by atoms with Crippen LogP contribution in [0, 0.1) is 12.7 Å². The van der Waals surface area contributed by atoms with Crippen molar-refractivity contribution in [3.63, 3.8) is 0 Å². The summed E-state index contributed by atoms with van der Waals surface area (Å²) < 4.78 is 13.3. The zero-order valence-corrected chi connectivity index (χ0v) is 16.6. The second-order valence-electron chi connectivity index (χ2n) is 6.91. The van der Waals surface area contributed by atoms with Crippen molar-refractivity contribution in [1.29, 1.82) is 0 Å². The summed E-state index contributed by atoms with van der Waals surface area (Å²) in [6, 6.07) is 17.0. The smallest absolute Gasteiger partial charge is 0.254 e. The number of nitrogens with zero attached hydrogens (tertiary/aromatic N) is 1. The van der Waals surface area contributed by atoms with Crippen LogP contribution < -0.4 is 5.56 Å². The minimum atomic E-state index is -0.396. The van der Waals surface area contributed by atoms with Crippen LogP contribution in [0.5, 0.6) is 0 Å². The number of aromatic amines is 1. The first-order valence-electron chi connectivity index (χ1n) is 9.20. The summed E-state index contributed by atoms with van der Waals surface area (Å²) >= 11 is 1.55. The molecular formula is C23H19FN2O2S. The van der Waals surface area contributed by atoms with Gasteiger partial charge in [0.15, 0.2) is 0 Å². The third-order valence-electron chi connectivity index (χ3n) is 4.83. The van der Waals surface area contributed by atoms with Crippen LogP contribution in [0.4, 0.5) is 4.39 Å². The van der Waals surface area contributed by atoms with E-state index in [0.29, 0.717) is 17.7 Å². The van der Waals surface area contributed by atoms with Gasteiger partial charge in [0.25, 0.3) is 11.5 Å². The van der Waals surface area contributed by atoms with Crippen molar-refractivity contribution in [3.05, 3.63) is 104 Å². The fourth-order valence-corrected chi connectivity index (χ4v) is 4.04. The number of aryl methyl sites for hydroxylation is 1. The number of amides is 1. The van der Waals surface area contributed by atoms with Crippen LogP contribution in [0.25, 0.3) is 10.9 Å². The third kappa shape index (κ3) is 4.12. The average molecular weight is 406 g/mol. The van der Waals surface area contributed by atoms with Gasteiger partial charge < -0.3 is 9.88 Å². The maximum absolute atomic E-state index is 13.3. The Kier molecular flexibility index (Phi) is 5.27. The maximum atomic E-state index is 13.3. The summed E-state index contributed by atoms with van der Waals surface area (Å²) in [5.74, 6) is -0.644. The lowest BCUT2D eigenvalue weighted by Crippen LogP contribution is -2.32. The SMILES string of the molecule is Cc1cccc2cc(CN(Cc3cccs3)C(=O)c3ccc(F)cc3)c(=O)[nH]c12. The van der Waals surface area contributed by atoms with E-state index in [4.69, 9.17) is 0 Å². The number of hydrogen-bond donors (Lipinski definition) is 1. The number of H-pyrrole nitrogens is 1. The number of hydrogen-bond acceptors (Lipinski definition) is 3. The van der Waals surface area contributed by atoms with E-state index in [1.165, 1.54) is 24.3 Å². The molecular weight excluding hydrogens is 387 g/mol. The van der Waals surface area contributed by atoms with E-state index >= 15 is 0 Å². The molecule has 4 aromatic rings. The molecule has 0 aliphatic rings. The number of halogens is 1. The molecule has 0 spiro atoms. The summed E-state index contributed by atoms with van der Waals surface area (Å²) in [4.78, 5) is 31.4. The van der Waals surface area contributed by atoms with Crippen LogP contribution in [0.15, 0.2) is 70.8 Å². The molecule has 0 bridgehead atoms. The zero-order chi connectivity index (χ0) is 20.4. The Morgan fingerprint density at radius 1 is 1.07 bits per heavy atom. The van der Waals surface area contributed by atoms with Crippen LogP contribution in [0.2, 0.25) is 0 Å². The lowest BCUT2D eigenvalue weighted by atomic mass is 10.1. The molecule has 1 amide bonds. The molecule has 0 radical (unpaired) electrons. The molecule has 1 N–H and O–H groups in total. The highest BCUT2D eigenvalue weighted by Crippen LogP contribution is 2.19. The summed E-state index contributed by atoms with van der Waals surface area (Å²) in [6.45, 7) is 2.48. The monoisotopic (exact) mass is 406 g/mol. The molecule has 0 saturated carbocycles. The molecule has 0 aliphatic heterocycles. The lowest BCUT2D eigenvalue weighted by Gasteiger charge is -2.22. The van der Waals surface area contributed by atoms with Gasteiger partial charge in [0.2, 0.25) is 0 Å². The van der Waals surface area contributed by atoms with Gasteiger partial charge in [-0.3, -0.25) is 9.59 Å². The molecule has 0 fully saturated rings. The second kappa shape index (κ2) is 8.01. The Bertz CT molecular complexity index is 1210. The van der Waals surface area contributed by atoms with E-state index < -0.39 is 5.82 Å². The standard InChI is InChI=1S/C23H19FN2O2S/c1-15-4-2-5-17-12-18(22(27)25-21(15)17)13-26(14-20-6-3-11-29-20)23(28)16-7-9-19(24)10-8-16/h2-12H,13-14H2,1H3,(H,25,27). The number of thiophene rings is 1. The Labute approximate surface area is 171 Å². The van der Waals surface area contributed by atoms with Crippen molar-refractivity contribution < 1.29 is 9.18 Å². The minimum Gasteiger partial charge on any atom is -0.329 e. The van der Waals surface area contributed by atoms with Crippen molar-refractivity contribution >= 4 is 28.1 Å². The minimum absolute atomic E-state index is 0.160. The molecule has 2 aromatic heterocycles. The van der Waals surface area contributed by atoms with Gasteiger partial charge in [-0.2, -0.15) is 0 Å². The molecule has 0 aliphatic carbocycles. The fraction of sp³-hybridized carbons (Fsp3) is 0.130. The quantitative estimate of drug-likeness (QED) is 0.514. The molecule has 6 heteroatoms. The van der Waals surface area contributed by atoms with Gasteiger partial charge in [-0.15, -0.1) is 11.3 Å². The molecule has 0 atom stereocenters. The highest BCUT2D eigenvalue weighted by Gasteiger charge is 2.19. The van der Waals surface area contributed by atoms with E-state index in [2.05, 4.69) is 4.98 Å². The lowest BCUT2D eigenvalue weighted by molar-refractivity contribution is 0.0731. The molecule has 4 nitrogen and oxygen atoms in total. The van der Waals surface area contributed by atoms with Gasteiger partial charge in [0.1, 0.15) is 5.82 Å². The Morgan fingerprint density at radius 3 is 2.59 bits per heavy atom. The predicted molar refractivity (Wildman–Crippen MR) is 114 cm³/mol. The fourth-order valence-electron chi connectivity index (χ4n) is 3.32. The third-order valence-corrected chi connectivity index (χ3v) is 5.69. The molecule has 0 unspecified atom stereocenters. The van der Waals surface area contributed by atoms with Crippen molar-refractivity contribution in [3.8, 4) is 0 Å². The number of fused-ring (bicyclic) bond motifs is 1. The van der Waals surface area contributed by atoms with Gasteiger partial charge in [0, 0.05) is 16.0 Å². The Hall–Kier alpha value is -3.25. The number of nitrogens with one attached hydrogen (secondary N) is 1. The molecule has 146 valence electrons. The molecule has 2 aromatic carbocycles. The largest absolute Gasteiger partial charge is 0.329 e. The van der Waals surface area contributed by atoms with E-state index in [1.54, 1.807) is 16.2 Å². The summed E-state index contributed by atoms with van der Waals surface area (Å²) in [7, 11) is 0. The Balaban J connectivity index is 1.70. The normalized spacial score (nSPS) is 11.0. The molecule has 29 heavy (non-hydrogen) atoms. The second-order valence-corrected chi connectivity index (χ2v) is 7.94. The highest BCUT2D eigenvalue weighted by atomic mass is 32.1. The van der Waals surface area contributed by atoms with Gasteiger partial charge in [-0.05, 0) is 59.7 Å². The maximum Gasteiger partial charge on any atom is 0.254 e. The number of carbonyl (C=O) groups excluding carboxylic acids is 1. The van der Waals surface area contributed by atoms with E-state index in [1.807, 2.05) is 48.7 Å². The first-order valence-corrected chi connectivity index (χ1v) is 10.1. The van der Waals surface area contributed by atoms with Crippen LogP contribution in [-0.4, -0.2) is 15.8 Å². The van der Waals surface area contributed by atoms with Gasteiger partial charge in [-0.1, -0.05) is 24.3 Å². The summed E-state index contributed by atoms with van der Waals surface area (Å²) in [5, 5.41) is 2.87. The summed E-state index contributed by atoms with van der Waals surface area (Å²) in [6.07, 6.45) is 0. The summed E-state index contributed by atoms with van der Waals surface area (Å²) in [5.41, 5.74) is 2.47. The van der Waals surface area contributed by atoms with E-state index in [-0.39, 0.29) is 18.0 Å². The molecule has 2 heterocycles. The number of benzene rings is 2. The van der Waals surface area contributed by atoms with E-state index in [9.17, 15) is 14.0 Å². The molecule has 0 saturated heterocycles. The predicted octanol–water partition coefficient (Wildman–Crippen LogP) is 4.88. The number of aromatic nitrogens is 1. The van der Waals surface area contributed by atoms with Crippen LogP contribution >= 0.6 is 11.3 Å². The van der Waals surface area contributed by atoms with Crippen molar-refractivity contribution in [2.24, 2.45) is 0 Å². The number of carbonyl (C=O) groups is 1. The molecule has 4 rings (SSSR count). The average Bonchev–Trinajstić information content (AvgIpc) is 3.22. The highest BCUT2D eigenvalue weighted by molar-refractivity contribution is 7.09. The van der Waals surface area contributed by atoms with Crippen LogP contribution in [-0.2, 0) is 13.1 Å². The van der Waals surface area contributed by atoms with Gasteiger partial charge in [0.05, 0.1) is 18.6 Å². The van der Waals surface area contributed by atoms with Crippen molar-refractivity contribution in [2.45, 2.75) is 20.0 Å².